The van der Waals surface area contributed by atoms with Crippen molar-refractivity contribution in [3.63, 3.8) is 0 Å². The average Bonchev–Trinajstić information content (AvgIpc) is 3.25. The summed E-state index contributed by atoms with van der Waals surface area (Å²) in [6, 6.07) is 8.61. The number of hydrogen-bond donors (Lipinski definition) is 1. The molecule has 2 aliphatic rings. The standard InChI is InChI=1S/C22H35ClN4O/c1-24-22(26(2)13-8-18-9-14-28-15-10-18)25-17-21(27-11-3-4-12-27)19-6-5-7-20(23)16-19/h5-7,16,18,21H,3-4,8-15,17H2,1-2H3,(H,24,25). The fourth-order valence-corrected chi connectivity index (χ4v) is 4.51. The summed E-state index contributed by atoms with van der Waals surface area (Å²) >= 11 is 6.27. The predicted octanol–water partition coefficient (Wildman–Crippen LogP) is 3.80. The first-order valence-corrected chi connectivity index (χ1v) is 11.0. The van der Waals surface area contributed by atoms with E-state index in [1.165, 1.54) is 37.7 Å². The molecule has 2 fully saturated rings. The molecule has 0 aromatic heterocycles. The van der Waals surface area contributed by atoms with E-state index in [4.69, 9.17) is 16.3 Å². The molecule has 1 atom stereocenters. The number of aliphatic imine (C=N–C) groups is 1. The number of guanidine groups is 1. The largest absolute Gasteiger partial charge is 0.381 e. The molecule has 0 aliphatic carbocycles. The van der Waals surface area contributed by atoms with Crippen LogP contribution >= 0.6 is 11.6 Å². The van der Waals surface area contributed by atoms with Crippen molar-refractivity contribution in [2.75, 3.05) is 53.5 Å². The first-order valence-electron chi connectivity index (χ1n) is 10.7. The van der Waals surface area contributed by atoms with Crippen molar-refractivity contribution in [1.29, 1.82) is 0 Å². The number of nitrogens with one attached hydrogen (secondary N) is 1. The van der Waals surface area contributed by atoms with Crippen molar-refractivity contribution < 1.29 is 4.74 Å². The van der Waals surface area contributed by atoms with Crippen LogP contribution in [0, 0.1) is 5.92 Å². The molecule has 5 nitrogen and oxygen atoms in total. The van der Waals surface area contributed by atoms with Crippen LogP contribution in [-0.4, -0.2) is 69.2 Å². The average molecular weight is 407 g/mol. The summed E-state index contributed by atoms with van der Waals surface area (Å²) in [6.07, 6.45) is 6.12. The Hall–Kier alpha value is -1.30. The third-order valence-electron chi connectivity index (χ3n) is 6.06. The van der Waals surface area contributed by atoms with Gasteiger partial charge >= 0.3 is 0 Å². The van der Waals surface area contributed by atoms with Gasteiger partial charge in [0.2, 0.25) is 0 Å². The molecule has 0 amide bonds. The lowest BCUT2D eigenvalue weighted by Crippen LogP contribution is -2.44. The van der Waals surface area contributed by atoms with Crippen LogP contribution in [0.2, 0.25) is 5.02 Å². The number of halogens is 1. The molecule has 0 radical (unpaired) electrons. The molecular formula is C22H35ClN4O. The molecule has 1 aromatic rings. The normalized spacial score (nSPS) is 20.3. The molecule has 2 heterocycles. The Morgan fingerprint density at radius 3 is 2.75 bits per heavy atom. The number of benzene rings is 1. The van der Waals surface area contributed by atoms with Gasteiger partial charge in [-0.2, -0.15) is 0 Å². The molecule has 3 rings (SSSR count). The fourth-order valence-electron chi connectivity index (χ4n) is 4.31. The van der Waals surface area contributed by atoms with E-state index in [0.29, 0.717) is 6.04 Å². The van der Waals surface area contributed by atoms with Crippen molar-refractivity contribution >= 4 is 17.6 Å². The van der Waals surface area contributed by atoms with Gasteiger partial charge in [-0.25, -0.2) is 0 Å². The molecule has 1 unspecified atom stereocenters. The molecular weight excluding hydrogens is 372 g/mol. The van der Waals surface area contributed by atoms with Gasteiger partial charge in [0.1, 0.15) is 0 Å². The summed E-state index contributed by atoms with van der Waals surface area (Å²) in [4.78, 5) is 9.35. The summed E-state index contributed by atoms with van der Waals surface area (Å²) in [5.74, 6) is 1.75. The molecule has 2 saturated heterocycles. The molecule has 2 aliphatic heterocycles. The van der Waals surface area contributed by atoms with Crippen molar-refractivity contribution in [3.8, 4) is 0 Å². The van der Waals surface area contributed by atoms with Crippen LogP contribution < -0.4 is 5.32 Å². The van der Waals surface area contributed by atoms with Crippen LogP contribution in [-0.2, 0) is 4.74 Å². The van der Waals surface area contributed by atoms with Crippen molar-refractivity contribution in [2.45, 2.75) is 38.1 Å². The summed E-state index contributed by atoms with van der Waals surface area (Å²) in [7, 11) is 4.01. The molecule has 1 N–H and O–H groups in total. The summed E-state index contributed by atoms with van der Waals surface area (Å²) in [6.45, 7) is 6.00. The van der Waals surface area contributed by atoms with Gasteiger partial charge in [-0.1, -0.05) is 23.7 Å². The monoisotopic (exact) mass is 406 g/mol. The van der Waals surface area contributed by atoms with Gasteiger partial charge in [-0.05, 0) is 68.8 Å². The van der Waals surface area contributed by atoms with Gasteiger partial charge in [0.05, 0.1) is 6.04 Å². The maximum atomic E-state index is 6.27. The highest BCUT2D eigenvalue weighted by molar-refractivity contribution is 6.30. The smallest absolute Gasteiger partial charge is 0.193 e. The van der Waals surface area contributed by atoms with Crippen LogP contribution in [0.4, 0.5) is 0 Å². The minimum atomic E-state index is 0.321. The van der Waals surface area contributed by atoms with Crippen molar-refractivity contribution in [3.05, 3.63) is 34.9 Å². The number of likely N-dealkylation sites (tertiary alicyclic amines) is 1. The summed E-state index contributed by atoms with van der Waals surface area (Å²) < 4.78 is 5.48. The van der Waals surface area contributed by atoms with E-state index < -0.39 is 0 Å². The number of rotatable bonds is 7. The Bertz CT molecular complexity index is 627. The molecule has 156 valence electrons. The third kappa shape index (κ3) is 6.10. The second-order valence-electron chi connectivity index (χ2n) is 8.01. The molecule has 1 aromatic carbocycles. The zero-order valence-corrected chi connectivity index (χ0v) is 18.1. The third-order valence-corrected chi connectivity index (χ3v) is 6.29. The van der Waals surface area contributed by atoms with E-state index in [9.17, 15) is 0 Å². The Kier molecular flexibility index (Phi) is 8.44. The zero-order valence-electron chi connectivity index (χ0n) is 17.4. The number of ether oxygens (including phenoxy) is 1. The maximum absolute atomic E-state index is 6.27. The van der Waals surface area contributed by atoms with Gasteiger partial charge in [0.25, 0.3) is 0 Å². The quantitative estimate of drug-likeness (QED) is 0.552. The van der Waals surface area contributed by atoms with Crippen LogP contribution in [0.25, 0.3) is 0 Å². The lowest BCUT2D eigenvalue weighted by Gasteiger charge is -2.31. The van der Waals surface area contributed by atoms with Crippen LogP contribution in [0.5, 0.6) is 0 Å². The summed E-state index contributed by atoms with van der Waals surface area (Å²) in [5.41, 5.74) is 1.28. The first kappa shape index (κ1) is 21.4. The lowest BCUT2D eigenvalue weighted by atomic mass is 9.96. The van der Waals surface area contributed by atoms with Crippen LogP contribution in [0.3, 0.4) is 0 Å². The van der Waals surface area contributed by atoms with Gasteiger partial charge in [-0.15, -0.1) is 0 Å². The van der Waals surface area contributed by atoms with Gasteiger partial charge in [-0.3, -0.25) is 9.89 Å². The topological polar surface area (TPSA) is 40.1 Å². The van der Waals surface area contributed by atoms with E-state index >= 15 is 0 Å². The molecule has 0 bridgehead atoms. The Labute approximate surface area is 175 Å². The van der Waals surface area contributed by atoms with E-state index in [2.05, 4.69) is 45.4 Å². The number of hydrogen-bond acceptors (Lipinski definition) is 3. The van der Waals surface area contributed by atoms with E-state index in [1.807, 2.05) is 13.1 Å². The molecule has 28 heavy (non-hydrogen) atoms. The van der Waals surface area contributed by atoms with Gasteiger partial charge < -0.3 is 15.0 Å². The Morgan fingerprint density at radius 2 is 2.07 bits per heavy atom. The number of nitrogens with zero attached hydrogens (tertiary/aromatic N) is 3. The second kappa shape index (κ2) is 11.0. The van der Waals surface area contributed by atoms with E-state index in [0.717, 1.165) is 56.3 Å². The minimum Gasteiger partial charge on any atom is -0.381 e. The SMILES string of the molecule is CN=C(NCC(c1cccc(Cl)c1)N1CCCC1)N(C)CCC1CCOCC1. The second-order valence-corrected chi connectivity index (χ2v) is 8.44. The molecule has 0 spiro atoms. The highest BCUT2D eigenvalue weighted by atomic mass is 35.5. The Morgan fingerprint density at radius 1 is 1.32 bits per heavy atom. The summed E-state index contributed by atoms with van der Waals surface area (Å²) in [5, 5.41) is 4.42. The zero-order chi connectivity index (χ0) is 19.8. The lowest BCUT2D eigenvalue weighted by molar-refractivity contribution is 0.0625. The highest BCUT2D eigenvalue weighted by Gasteiger charge is 2.24. The van der Waals surface area contributed by atoms with Gasteiger partial charge in [0.15, 0.2) is 5.96 Å². The van der Waals surface area contributed by atoms with E-state index in [-0.39, 0.29) is 0 Å². The fraction of sp³-hybridized carbons (Fsp3) is 0.682. The van der Waals surface area contributed by atoms with E-state index in [1.54, 1.807) is 0 Å². The Balaban J connectivity index is 1.57. The van der Waals surface area contributed by atoms with Gasteiger partial charge in [0, 0.05) is 45.4 Å². The highest BCUT2D eigenvalue weighted by Crippen LogP contribution is 2.26. The van der Waals surface area contributed by atoms with Crippen molar-refractivity contribution in [1.82, 2.24) is 15.1 Å². The maximum Gasteiger partial charge on any atom is 0.193 e. The van der Waals surface area contributed by atoms with Crippen LogP contribution in [0.1, 0.15) is 43.7 Å². The predicted molar refractivity (Wildman–Crippen MR) is 117 cm³/mol. The molecule has 6 heteroatoms. The minimum absolute atomic E-state index is 0.321. The van der Waals surface area contributed by atoms with Crippen molar-refractivity contribution in [2.24, 2.45) is 10.9 Å². The first-order chi connectivity index (χ1) is 13.7. The van der Waals surface area contributed by atoms with Crippen LogP contribution in [0.15, 0.2) is 29.3 Å². The molecule has 0 saturated carbocycles.